The predicted molar refractivity (Wildman–Crippen MR) is 93.7 cm³/mol. The lowest BCUT2D eigenvalue weighted by molar-refractivity contribution is -0.115. The summed E-state index contributed by atoms with van der Waals surface area (Å²) < 4.78 is 18.6. The minimum Gasteiger partial charge on any atom is -0.489 e. The second-order valence-electron chi connectivity index (χ2n) is 5.50. The highest BCUT2D eigenvalue weighted by Gasteiger charge is 2.06. The van der Waals surface area contributed by atoms with Crippen molar-refractivity contribution in [1.29, 1.82) is 0 Å². The zero-order chi connectivity index (χ0) is 17.5. The fourth-order valence-corrected chi connectivity index (χ4v) is 2.28. The van der Waals surface area contributed by atoms with Crippen LogP contribution in [0.2, 0.25) is 0 Å². The molecule has 0 atom stereocenters. The molecule has 1 N–H and O–H groups in total. The summed E-state index contributed by atoms with van der Waals surface area (Å²) in [5.41, 5.74) is 1.79. The summed E-state index contributed by atoms with van der Waals surface area (Å²) in [6, 6.07) is 19.0. The van der Waals surface area contributed by atoms with Crippen LogP contribution in [0.15, 0.2) is 72.9 Å². The Hall–Kier alpha value is -3.21. The third-order valence-electron chi connectivity index (χ3n) is 3.53. The molecule has 0 aliphatic carbocycles. The van der Waals surface area contributed by atoms with E-state index in [1.165, 1.54) is 12.1 Å². The van der Waals surface area contributed by atoms with Gasteiger partial charge in [0.1, 0.15) is 24.0 Å². The van der Waals surface area contributed by atoms with Gasteiger partial charge in [0.25, 0.3) is 0 Å². The molecule has 4 nitrogen and oxygen atoms in total. The monoisotopic (exact) mass is 336 g/mol. The van der Waals surface area contributed by atoms with Gasteiger partial charge >= 0.3 is 0 Å². The number of anilines is 1. The van der Waals surface area contributed by atoms with Crippen molar-refractivity contribution in [3.8, 4) is 5.75 Å². The molecule has 0 aliphatic heterocycles. The van der Waals surface area contributed by atoms with Gasteiger partial charge in [0, 0.05) is 12.3 Å². The molecular weight excluding hydrogens is 319 g/mol. The number of pyridine rings is 1. The Bertz CT molecular complexity index is 836. The molecule has 0 bridgehead atoms. The number of halogens is 1. The number of aromatic nitrogens is 1. The van der Waals surface area contributed by atoms with Gasteiger partial charge in [0.05, 0.1) is 6.42 Å². The summed E-state index contributed by atoms with van der Waals surface area (Å²) in [5.74, 6) is 0.488. The van der Waals surface area contributed by atoms with Gasteiger partial charge in [0.15, 0.2) is 0 Å². The first-order valence-corrected chi connectivity index (χ1v) is 7.86. The van der Waals surface area contributed by atoms with E-state index in [1.807, 2.05) is 30.3 Å². The van der Waals surface area contributed by atoms with Crippen LogP contribution in [0.3, 0.4) is 0 Å². The van der Waals surface area contributed by atoms with E-state index in [4.69, 9.17) is 4.74 Å². The second-order valence-corrected chi connectivity index (χ2v) is 5.50. The molecule has 25 heavy (non-hydrogen) atoms. The smallest absolute Gasteiger partial charge is 0.229 e. The Kier molecular flexibility index (Phi) is 5.36. The van der Waals surface area contributed by atoms with Crippen molar-refractivity contribution in [3.63, 3.8) is 0 Å². The number of hydrogen-bond acceptors (Lipinski definition) is 3. The minimum atomic E-state index is -0.325. The average Bonchev–Trinajstić information content (AvgIpc) is 2.63. The van der Waals surface area contributed by atoms with E-state index < -0.39 is 0 Å². The minimum absolute atomic E-state index is 0.150. The molecule has 3 rings (SSSR count). The lowest BCUT2D eigenvalue weighted by atomic mass is 10.1. The molecule has 0 unspecified atom stereocenters. The largest absolute Gasteiger partial charge is 0.489 e. The SMILES string of the molecule is O=C(Cc1ccc(F)cc1)Nc1cc(OCc2ccccc2)ccn1. The molecule has 1 amide bonds. The molecule has 0 saturated heterocycles. The number of hydrogen-bond donors (Lipinski definition) is 1. The number of carbonyl (C=O) groups excluding carboxylic acids is 1. The van der Waals surface area contributed by atoms with Gasteiger partial charge in [-0.05, 0) is 29.3 Å². The standard InChI is InChI=1S/C20H17FN2O2/c21-17-8-6-15(7-9-17)12-20(24)23-19-13-18(10-11-22-19)25-14-16-4-2-1-3-5-16/h1-11,13H,12,14H2,(H,22,23,24). The maximum absolute atomic E-state index is 12.9. The Morgan fingerprint density at radius 3 is 2.52 bits per heavy atom. The quantitative estimate of drug-likeness (QED) is 0.741. The van der Waals surface area contributed by atoms with Crippen molar-refractivity contribution >= 4 is 11.7 Å². The topological polar surface area (TPSA) is 51.2 Å². The van der Waals surface area contributed by atoms with Gasteiger partial charge in [0.2, 0.25) is 5.91 Å². The first-order valence-electron chi connectivity index (χ1n) is 7.86. The lowest BCUT2D eigenvalue weighted by Gasteiger charge is -2.09. The van der Waals surface area contributed by atoms with Gasteiger partial charge < -0.3 is 10.1 Å². The van der Waals surface area contributed by atoms with Gasteiger partial charge in [-0.15, -0.1) is 0 Å². The molecule has 2 aromatic carbocycles. The van der Waals surface area contributed by atoms with Gasteiger partial charge in [-0.2, -0.15) is 0 Å². The van der Waals surface area contributed by atoms with Gasteiger partial charge in [-0.1, -0.05) is 42.5 Å². The van der Waals surface area contributed by atoms with Crippen molar-refractivity contribution in [2.24, 2.45) is 0 Å². The molecule has 0 radical (unpaired) electrons. The molecule has 0 fully saturated rings. The zero-order valence-electron chi connectivity index (χ0n) is 13.5. The van der Waals surface area contributed by atoms with Crippen LogP contribution in [0.5, 0.6) is 5.75 Å². The molecular formula is C20H17FN2O2. The average molecular weight is 336 g/mol. The van der Waals surface area contributed by atoms with E-state index in [-0.39, 0.29) is 18.1 Å². The maximum Gasteiger partial charge on any atom is 0.229 e. The summed E-state index contributed by atoms with van der Waals surface area (Å²) in [4.78, 5) is 16.2. The maximum atomic E-state index is 12.9. The number of nitrogens with zero attached hydrogens (tertiary/aromatic N) is 1. The number of benzene rings is 2. The van der Waals surface area contributed by atoms with Crippen LogP contribution in [-0.4, -0.2) is 10.9 Å². The summed E-state index contributed by atoms with van der Waals surface area (Å²) in [7, 11) is 0. The van der Waals surface area contributed by atoms with Crippen LogP contribution in [-0.2, 0) is 17.8 Å². The van der Waals surface area contributed by atoms with E-state index in [2.05, 4.69) is 10.3 Å². The molecule has 5 heteroatoms. The third kappa shape index (κ3) is 5.14. The molecule has 0 saturated carbocycles. The summed E-state index contributed by atoms with van der Waals surface area (Å²) in [5, 5.41) is 2.72. The Balaban J connectivity index is 1.57. The molecule has 3 aromatic rings. The Morgan fingerprint density at radius 2 is 1.76 bits per heavy atom. The van der Waals surface area contributed by atoms with Crippen LogP contribution in [0.25, 0.3) is 0 Å². The number of ether oxygens (including phenoxy) is 1. The molecule has 126 valence electrons. The third-order valence-corrected chi connectivity index (χ3v) is 3.53. The van der Waals surface area contributed by atoms with E-state index in [9.17, 15) is 9.18 Å². The molecule has 0 spiro atoms. The first kappa shape index (κ1) is 16.6. The van der Waals surface area contributed by atoms with Gasteiger partial charge in [-0.3, -0.25) is 4.79 Å². The summed E-state index contributed by atoms with van der Waals surface area (Å²) in [6.07, 6.45) is 1.73. The zero-order valence-corrected chi connectivity index (χ0v) is 13.5. The summed E-state index contributed by atoms with van der Waals surface area (Å²) >= 11 is 0. The van der Waals surface area contributed by atoms with Crippen LogP contribution >= 0.6 is 0 Å². The van der Waals surface area contributed by atoms with Crippen molar-refractivity contribution in [3.05, 3.63) is 89.9 Å². The normalized spacial score (nSPS) is 10.3. The highest BCUT2D eigenvalue weighted by molar-refractivity contribution is 5.91. The van der Waals surface area contributed by atoms with E-state index >= 15 is 0 Å². The number of rotatable bonds is 6. The van der Waals surface area contributed by atoms with E-state index in [1.54, 1.807) is 30.5 Å². The molecule has 0 aliphatic rings. The van der Waals surface area contributed by atoms with Crippen molar-refractivity contribution in [1.82, 2.24) is 4.98 Å². The second kappa shape index (κ2) is 8.06. The van der Waals surface area contributed by atoms with E-state index in [0.717, 1.165) is 11.1 Å². The van der Waals surface area contributed by atoms with Crippen molar-refractivity contribution in [2.45, 2.75) is 13.0 Å². The number of amides is 1. The molecule has 1 heterocycles. The Labute approximate surface area is 145 Å². The van der Waals surface area contributed by atoms with Gasteiger partial charge in [-0.25, -0.2) is 9.37 Å². The van der Waals surface area contributed by atoms with Crippen molar-refractivity contribution < 1.29 is 13.9 Å². The summed E-state index contributed by atoms with van der Waals surface area (Å²) in [6.45, 7) is 0.438. The Morgan fingerprint density at radius 1 is 1.00 bits per heavy atom. The number of carbonyl (C=O) groups is 1. The van der Waals surface area contributed by atoms with Crippen LogP contribution in [0.4, 0.5) is 10.2 Å². The van der Waals surface area contributed by atoms with Crippen molar-refractivity contribution in [2.75, 3.05) is 5.32 Å². The van der Waals surface area contributed by atoms with Crippen LogP contribution in [0.1, 0.15) is 11.1 Å². The molecule has 1 aromatic heterocycles. The van der Waals surface area contributed by atoms with Crippen LogP contribution < -0.4 is 10.1 Å². The van der Waals surface area contributed by atoms with Crippen LogP contribution in [0, 0.1) is 5.82 Å². The van der Waals surface area contributed by atoms with E-state index in [0.29, 0.717) is 18.2 Å². The fourth-order valence-electron chi connectivity index (χ4n) is 2.28. The highest BCUT2D eigenvalue weighted by Crippen LogP contribution is 2.16. The first-order chi connectivity index (χ1) is 12.2. The lowest BCUT2D eigenvalue weighted by Crippen LogP contribution is -2.15. The number of nitrogens with one attached hydrogen (secondary N) is 1. The fraction of sp³-hybridized carbons (Fsp3) is 0.100. The predicted octanol–water partition coefficient (Wildman–Crippen LogP) is 3.98. The highest BCUT2D eigenvalue weighted by atomic mass is 19.1.